The van der Waals surface area contributed by atoms with Crippen LogP contribution in [0.2, 0.25) is 0 Å². The molecule has 0 aliphatic heterocycles. The minimum atomic E-state index is 0.235. The molecule has 1 atom stereocenters. The lowest BCUT2D eigenvalue weighted by atomic mass is 10.1. The molecule has 0 fully saturated rings. The molecule has 76 valence electrons. The van der Waals surface area contributed by atoms with Crippen LogP contribution in [0.4, 0.5) is 0 Å². The van der Waals surface area contributed by atoms with Crippen molar-refractivity contribution < 1.29 is 0 Å². The Morgan fingerprint density at radius 2 is 2.43 bits per heavy atom. The van der Waals surface area contributed by atoms with Crippen LogP contribution in [0, 0.1) is 19.3 Å². The van der Waals surface area contributed by atoms with Crippen molar-refractivity contribution in [2.75, 3.05) is 6.54 Å². The normalized spacial score (nSPS) is 12.4. The maximum Gasteiger partial charge on any atom is 0.0641 e. The highest BCUT2D eigenvalue weighted by Crippen LogP contribution is 2.18. The zero-order chi connectivity index (χ0) is 10.6. The summed E-state index contributed by atoms with van der Waals surface area (Å²) in [6.45, 7) is 5.01. The van der Waals surface area contributed by atoms with Gasteiger partial charge in [0.15, 0.2) is 0 Å². The van der Waals surface area contributed by atoms with Gasteiger partial charge in [-0.25, -0.2) is 0 Å². The Morgan fingerprint density at radius 3 is 2.86 bits per heavy atom. The van der Waals surface area contributed by atoms with Crippen molar-refractivity contribution in [2.24, 2.45) is 7.05 Å². The molecular formula is C11H17N3. The van der Waals surface area contributed by atoms with Crippen LogP contribution in [0.25, 0.3) is 0 Å². The third-order valence-corrected chi connectivity index (χ3v) is 2.20. The van der Waals surface area contributed by atoms with Gasteiger partial charge in [0.2, 0.25) is 0 Å². The second-order valence-electron chi connectivity index (χ2n) is 3.36. The van der Waals surface area contributed by atoms with Crippen molar-refractivity contribution in [1.82, 2.24) is 15.1 Å². The number of nitrogens with zero attached hydrogens (tertiary/aromatic N) is 2. The molecule has 0 saturated heterocycles. The summed E-state index contributed by atoms with van der Waals surface area (Å²) in [6, 6.07) is 0.235. The molecule has 1 rings (SSSR count). The van der Waals surface area contributed by atoms with E-state index in [9.17, 15) is 0 Å². The Morgan fingerprint density at radius 1 is 1.71 bits per heavy atom. The zero-order valence-electron chi connectivity index (χ0n) is 9.04. The molecule has 14 heavy (non-hydrogen) atoms. The van der Waals surface area contributed by atoms with Crippen molar-refractivity contribution in [3.8, 4) is 12.3 Å². The Balaban J connectivity index is 2.87. The van der Waals surface area contributed by atoms with E-state index in [1.807, 2.05) is 24.9 Å². The van der Waals surface area contributed by atoms with E-state index in [4.69, 9.17) is 6.42 Å². The Hall–Kier alpha value is -1.27. The van der Waals surface area contributed by atoms with E-state index in [-0.39, 0.29) is 6.04 Å². The van der Waals surface area contributed by atoms with Crippen molar-refractivity contribution in [1.29, 1.82) is 0 Å². The molecule has 1 unspecified atom stereocenters. The van der Waals surface area contributed by atoms with Gasteiger partial charge in [0, 0.05) is 31.3 Å². The van der Waals surface area contributed by atoms with Crippen molar-refractivity contribution >= 4 is 0 Å². The quantitative estimate of drug-likeness (QED) is 0.729. The van der Waals surface area contributed by atoms with Gasteiger partial charge in [-0.15, -0.1) is 12.3 Å². The number of hydrogen-bond acceptors (Lipinski definition) is 2. The molecule has 3 nitrogen and oxygen atoms in total. The molecule has 1 aromatic heterocycles. The van der Waals surface area contributed by atoms with Crippen molar-refractivity contribution in [3.63, 3.8) is 0 Å². The Kier molecular flexibility index (Phi) is 3.73. The van der Waals surface area contributed by atoms with E-state index < -0.39 is 0 Å². The molecule has 0 saturated carbocycles. The molecule has 0 aliphatic rings. The lowest BCUT2D eigenvalue weighted by molar-refractivity contribution is 0.562. The molecule has 1 N–H and O–H groups in total. The maximum absolute atomic E-state index is 5.34. The number of rotatable bonds is 4. The molecular weight excluding hydrogens is 174 g/mol. The van der Waals surface area contributed by atoms with Gasteiger partial charge in [-0.2, -0.15) is 5.10 Å². The first-order chi connectivity index (χ1) is 6.69. The van der Waals surface area contributed by atoms with Crippen LogP contribution in [0.5, 0.6) is 0 Å². The third kappa shape index (κ3) is 2.36. The molecule has 0 radical (unpaired) electrons. The fourth-order valence-electron chi connectivity index (χ4n) is 1.62. The van der Waals surface area contributed by atoms with Crippen molar-refractivity contribution in [2.45, 2.75) is 26.3 Å². The highest BCUT2D eigenvalue weighted by molar-refractivity contribution is 5.21. The molecule has 0 bridgehead atoms. The summed E-state index contributed by atoms with van der Waals surface area (Å²) >= 11 is 0. The molecule has 0 amide bonds. The number of hydrogen-bond donors (Lipinski definition) is 1. The lowest BCUT2D eigenvalue weighted by Gasteiger charge is -2.13. The first kappa shape index (κ1) is 10.8. The fourth-order valence-corrected chi connectivity index (χ4v) is 1.62. The smallest absolute Gasteiger partial charge is 0.0641 e. The van der Waals surface area contributed by atoms with Gasteiger partial charge in [-0.1, -0.05) is 6.92 Å². The van der Waals surface area contributed by atoms with Crippen LogP contribution in [0.1, 0.15) is 30.6 Å². The topological polar surface area (TPSA) is 29.9 Å². The van der Waals surface area contributed by atoms with E-state index in [2.05, 4.69) is 23.3 Å². The highest BCUT2D eigenvalue weighted by Gasteiger charge is 2.13. The van der Waals surface area contributed by atoms with E-state index in [1.165, 1.54) is 5.56 Å². The van der Waals surface area contributed by atoms with Gasteiger partial charge >= 0.3 is 0 Å². The second kappa shape index (κ2) is 4.83. The van der Waals surface area contributed by atoms with Crippen LogP contribution in [0.15, 0.2) is 6.20 Å². The summed E-state index contributed by atoms with van der Waals surface area (Å²) in [5.41, 5.74) is 2.25. The molecule has 1 aromatic rings. The van der Waals surface area contributed by atoms with Crippen LogP contribution >= 0.6 is 0 Å². The number of terminal acetylenes is 1. The van der Waals surface area contributed by atoms with Gasteiger partial charge in [-0.05, 0) is 13.5 Å². The predicted octanol–water partition coefficient (Wildman–Crippen LogP) is 1.40. The standard InChI is InChI=1S/C11H17N3/c1-5-7-11(12-6-2)10-8-14(4)13-9(10)3/h1,8,11-12H,6-7H2,2-4H3. The molecule has 3 heteroatoms. The number of aromatic nitrogens is 2. The molecule has 0 aromatic carbocycles. The largest absolute Gasteiger partial charge is 0.309 e. The Bertz CT molecular complexity index is 333. The highest BCUT2D eigenvalue weighted by atomic mass is 15.3. The van der Waals surface area contributed by atoms with Gasteiger partial charge in [0.05, 0.1) is 5.69 Å². The van der Waals surface area contributed by atoms with E-state index in [1.54, 1.807) is 0 Å². The fraction of sp³-hybridized carbons (Fsp3) is 0.545. The summed E-state index contributed by atoms with van der Waals surface area (Å²) < 4.78 is 1.82. The van der Waals surface area contributed by atoms with E-state index >= 15 is 0 Å². The maximum atomic E-state index is 5.34. The molecule has 0 aliphatic carbocycles. The first-order valence-corrected chi connectivity index (χ1v) is 4.86. The zero-order valence-corrected chi connectivity index (χ0v) is 9.04. The summed E-state index contributed by atoms with van der Waals surface area (Å²) in [5, 5.41) is 7.66. The number of nitrogens with one attached hydrogen (secondary N) is 1. The average Bonchev–Trinajstić information content (AvgIpc) is 2.45. The van der Waals surface area contributed by atoms with Gasteiger partial charge in [0.1, 0.15) is 0 Å². The molecule has 1 heterocycles. The van der Waals surface area contributed by atoms with Crippen LogP contribution < -0.4 is 5.32 Å². The minimum Gasteiger partial charge on any atom is -0.309 e. The monoisotopic (exact) mass is 191 g/mol. The minimum absolute atomic E-state index is 0.235. The molecule has 0 spiro atoms. The summed E-state index contributed by atoms with van der Waals surface area (Å²) in [4.78, 5) is 0. The predicted molar refractivity (Wildman–Crippen MR) is 57.8 cm³/mol. The lowest BCUT2D eigenvalue weighted by Crippen LogP contribution is -2.20. The summed E-state index contributed by atoms with van der Waals surface area (Å²) in [7, 11) is 1.93. The summed E-state index contributed by atoms with van der Waals surface area (Å²) in [6.07, 6.45) is 8.07. The van der Waals surface area contributed by atoms with Gasteiger partial charge < -0.3 is 5.32 Å². The number of aryl methyl sites for hydroxylation is 2. The van der Waals surface area contributed by atoms with Gasteiger partial charge in [0.25, 0.3) is 0 Å². The Labute approximate surface area is 85.5 Å². The average molecular weight is 191 g/mol. The summed E-state index contributed by atoms with van der Waals surface area (Å²) in [5.74, 6) is 2.69. The first-order valence-electron chi connectivity index (χ1n) is 4.86. The van der Waals surface area contributed by atoms with Crippen LogP contribution in [-0.4, -0.2) is 16.3 Å². The van der Waals surface area contributed by atoms with Crippen LogP contribution in [0.3, 0.4) is 0 Å². The third-order valence-electron chi connectivity index (χ3n) is 2.20. The SMILES string of the molecule is C#CCC(NCC)c1cn(C)nc1C. The van der Waals surface area contributed by atoms with Crippen molar-refractivity contribution in [3.05, 3.63) is 17.5 Å². The van der Waals surface area contributed by atoms with E-state index in [0.29, 0.717) is 6.42 Å². The second-order valence-corrected chi connectivity index (χ2v) is 3.36. The van der Waals surface area contributed by atoms with Crippen LogP contribution in [-0.2, 0) is 7.05 Å². The van der Waals surface area contributed by atoms with E-state index in [0.717, 1.165) is 12.2 Å². The van der Waals surface area contributed by atoms with Gasteiger partial charge in [-0.3, -0.25) is 4.68 Å².